The zero-order valence-corrected chi connectivity index (χ0v) is 13.4. The van der Waals surface area contributed by atoms with Gasteiger partial charge in [-0.2, -0.15) is 0 Å². The van der Waals surface area contributed by atoms with Gasteiger partial charge in [0.2, 0.25) is 0 Å². The first-order valence-corrected chi connectivity index (χ1v) is 7.15. The molecule has 0 spiro atoms. The lowest BCUT2D eigenvalue weighted by Crippen LogP contribution is -2.38. The fourth-order valence-electron chi connectivity index (χ4n) is 2.73. The molecule has 5 heteroatoms. The van der Waals surface area contributed by atoms with E-state index in [0.29, 0.717) is 13.0 Å². The molecule has 1 rings (SSSR count). The number of hydrogen-bond acceptors (Lipinski definition) is 4. The molecule has 1 aromatic rings. The molecule has 1 aromatic carbocycles. The van der Waals surface area contributed by atoms with Gasteiger partial charge < -0.3 is 21.5 Å². The minimum atomic E-state index is -0.739. The van der Waals surface area contributed by atoms with Gasteiger partial charge in [-0.25, -0.2) is 4.79 Å². The standard InChI is InChI=1S/C16H27N3O2/c1-15(2,10-16(3,4)21-14(18)20)11-19-13-8-6-5-7-12(13)9-17/h5-8,19H,9-11,17H2,1-4H3,(H2,18,20). The summed E-state index contributed by atoms with van der Waals surface area (Å²) < 4.78 is 5.16. The molecule has 0 atom stereocenters. The van der Waals surface area contributed by atoms with E-state index in [9.17, 15) is 4.79 Å². The number of carbonyl (C=O) groups excluding carboxylic acids is 1. The van der Waals surface area contributed by atoms with E-state index in [1.54, 1.807) is 0 Å². The molecule has 0 saturated carbocycles. The first kappa shape index (κ1) is 17.3. The van der Waals surface area contributed by atoms with Crippen molar-refractivity contribution < 1.29 is 9.53 Å². The number of primary amides is 1. The number of hydrogen-bond donors (Lipinski definition) is 3. The Morgan fingerprint density at radius 2 is 1.86 bits per heavy atom. The summed E-state index contributed by atoms with van der Waals surface area (Å²) >= 11 is 0. The first-order chi connectivity index (χ1) is 9.65. The number of nitrogens with two attached hydrogens (primary N) is 2. The van der Waals surface area contributed by atoms with Crippen LogP contribution in [0, 0.1) is 5.41 Å². The molecular weight excluding hydrogens is 266 g/mol. The zero-order chi connectivity index (χ0) is 16.1. The van der Waals surface area contributed by atoms with Gasteiger partial charge >= 0.3 is 6.09 Å². The van der Waals surface area contributed by atoms with Gasteiger partial charge in [-0.1, -0.05) is 32.0 Å². The van der Waals surface area contributed by atoms with Crippen molar-refractivity contribution in [3.05, 3.63) is 29.8 Å². The highest BCUT2D eigenvalue weighted by Gasteiger charge is 2.31. The van der Waals surface area contributed by atoms with Crippen LogP contribution in [-0.4, -0.2) is 18.2 Å². The van der Waals surface area contributed by atoms with Crippen LogP contribution >= 0.6 is 0 Å². The summed E-state index contributed by atoms with van der Waals surface area (Å²) in [7, 11) is 0. The molecule has 1 amide bonds. The van der Waals surface area contributed by atoms with Crippen molar-refractivity contribution >= 4 is 11.8 Å². The number of anilines is 1. The fraction of sp³-hybridized carbons (Fsp3) is 0.562. The van der Waals surface area contributed by atoms with Crippen LogP contribution in [0.3, 0.4) is 0 Å². The number of nitrogens with one attached hydrogen (secondary N) is 1. The van der Waals surface area contributed by atoms with Crippen LogP contribution in [0.1, 0.15) is 39.7 Å². The van der Waals surface area contributed by atoms with E-state index in [1.807, 2.05) is 38.1 Å². The molecule has 0 aliphatic rings. The van der Waals surface area contributed by atoms with E-state index in [-0.39, 0.29) is 5.41 Å². The third-order valence-electron chi connectivity index (χ3n) is 3.28. The maximum absolute atomic E-state index is 10.9. The molecule has 0 heterocycles. The monoisotopic (exact) mass is 293 g/mol. The Bertz CT molecular complexity index is 484. The number of para-hydroxylation sites is 1. The summed E-state index contributed by atoms with van der Waals surface area (Å²) in [4.78, 5) is 10.9. The lowest BCUT2D eigenvalue weighted by molar-refractivity contribution is 0.0143. The second-order valence-corrected chi connectivity index (χ2v) is 6.74. The van der Waals surface area contributed by atoms with E-state index in [4.69, 9.17) is 16.2 Å². The third-order valence-corrected chi connectivity index (χ3v) is 3.28. The van der Waals surface area contributed by atoms with Gasteiger partial charge in [-0.3, -0.25) is 0 Å². The molecule has 118 valence electrons. The van der Waals surface area contributed by atoms with E-state index in [2.05, 4.69) is 19.2 Å². The van der Waals surface area contributed by atoms with Crippen LogP contribution in [0.5, 0.6) is 0 Å². The Labute approximate surface area is 127 Å². The number of benzene rings is 1. The van der Waals surface area contributed by atoms with Crippen LogP contribution in [-0.2, 0) is 11.3 Å². The first-order valence-electron chi connectivity index (χ1n) is 7.15. The van der Waals surface area contributed by atoms with Gasteiger partial charge in [-0.05, 0) is 37.3 Å². The number of ether oxygens (including phenoxy) is 1. The average molecular weight is 293 g/mol. The quantitative estimate of drug-likeness (QED) is 0.721. The van der Waals surface area contributed by atoms with Crippen LogP contribution in [0.4, 0.5) is 10.5 Å². The van der Waals surface area contributed by atoms with Gasteiger partial charge in [0.1, 0.15) is 5.60 Å². The molecule has 0 aliphatic carbocycles. The maximum atomic E-state index is 10.9. The van der Waals surface area contributed by atoms with Crippen molar-refractivity contribution in [1.82, 2.24) is 0 Å². The van der Waals surface area contributed by atoms with Gasteiger partial charge in [0.15, 0.2) is 0 Å². The van der Waals surface area contributed by atoms with Gasteiger partial charge in [0.05, 0.1) is 0 Å². The smallest absolute Gasteiger partial charge is 0.405 e. The largest absolute Gasteiger partial charge is 0.444 e. The van der Waals surface area contributed by atoms with Crippen molar-refractivity contribution in [1.29, 1.82) is 0 Å². The van der Waals surface area contributed by atoms with E-state index < -0.39 is 11.7 Å². The Balaban J connectivity index is 2.66. The molecule has 0 aromatic heterocycles. The lowest BCUT2D eigenvalue weighted by Gasteiger charge is -2.34. The van der Waals surface area contributed by atoms with E-state index in [0.717, 1.165) is 17.8 Å². The fourth-order valence-corrected chi connectivity index (χ4v) is 2.73. The van der Waals surface area contributed by atoms with Crippen molar-refractivity contribution in [3.8, 4) is 0 Å². The maximum Gasteiger partial charge on any atom is 0.405 e. The number of rotatable bonds is 7. The van der Waals surface area contributed by atoms with Gasteiger partial charge in [0.25, 0.3) is 0 Å². The highest BCUT2D eigenvalue weighted by atomic mass is 16.6. The van der Waals surface area contributed by atoms with Crippen molar-refractivity contribution in [2.75, 3.05) is 11.9 Å². The number of amides is 1. The summed E-state index contributed by atoms with van der Waals surface area (Å²) in [6.45, 7) is 9.23. The third kappa shape index (κ3) is 6.04. The Morgan fingerprint density at radius 1 is 1.24 bits per heavy atom. The van der Waals surface area contributed by atoms with Crippen molar-refractivity contribution in [2.24, 2.45) is 16.9 Å². The summed E-state index contributed by atoms with van der Waals surface area (Å²) in [5.41, 5.74) is 12.3. The predicted octanol–water partition coefficient (Wildman–Crippen LogP) is 2.85. The second kappa shape index (κ2) is 6.80. The molecular formula is C16H27N3O2. The molecule has 0 saturated heterocycles. The Morgan fingerprint density at radius 3 is 2.43 bits per heavy atom. The lowest BCUT2D eigenvalue weighted by atomic mass is 9.81. The minimum Gasteiger partial charge on any atom is -0.444 e. The van der Waals surface area contributed by atoms with Crippen LogP contribution < -0.4 is 16.8 Å². The van der Waals surface area contributed by atoms with Crippen molar-refractivity contribution in [3.63, 3.8) is 0 Å². The molecule has 0 unspecified atom stereocenters. The van der Waals surface area contributed by atoms with Crippen LogP contribution in [0.2, 0.25) is 0 Å². The molecule has 5 nitrogen and oxygen atoms in total. The second-order valence-electron chi connectivity index (χ2n) is 6.74. The Hall–Kier alpha value is -1.75. The summed E-state index contributed by atoms with van der Waals surface area (Å²) in [5, 5.41) is 3.43. The minimum absolute atomic E-state index is 0.0688. The highest BCUT2D eigenvalue weighted by Crippen LogP contribution is 2.31. The normalized spacial score (nSPS) is 12.0. The molecule has 21 heavy (non-hydrogen) atoms. The molecule has 5 N–H and O–H groups in total. The van der Waals surface area contributed by atoms with E-state index >= 15 is 0 Å². The zero-order valence-electron chi connectivity index (χ0n) is 13.4. The van der Waals surface area contributed by atoms with E-state index in [1.165, 1.54) is 0 Å². The average Bonchev–Trinajstić information content (AvgIpc) is 2.33. The topological polar surface area (TPSA) is 90.4 Å². The molecule has 0 bridgehead atoms. The predicted molar refractivity (Wildman–Crippen MR) is 86.0 cm³/mol. The summed E-state index contributed by atoms with van der Waals surface area (Å²) in [6.07, 6.45) is -0.0435. The van der Waals surface area contributed by atoms with Crippen LogP contribution in [0.25, 0.3) is 0 Å². The number of carbonyl (C=O) groups is 1. The van der Waals surface area contributed by atoms with Crippen molar-refractivity contribution in [2.45, 2.75) is 46.3 Å². The Kier molecular flexibility index (Phi) is 5.61. The van der Waals surface area contributed by atoms with Gasteiger partial charge in [0, 0.05) is 18.8 Å². The molecule has 0 fully saturated rings. The van der Waals surface area contributed by atoms with Crippen LogP contribution in [0.15, 0.2) is 24.3 Å². The SMILES string of the molecule is CC(C)(CNc1ccccc1CN)CC(C)(C)OC(N)=O. The molecule has 0 radical (unpaired) electrons. The summed E-state index contributed by atoms with van der Waals surface area (Å²) in [6, 6.07) is 7.98. The molecule has 0 aliphatic heterocycles. The summed E-state index contributed by atoms with van der Waals surface area (Å²) in [5.74, 6) is 0. The highest BCUT2D eigenvalue weighted by molar-refractivity contribution is 5.65. The van der Waals surface area contributed by atoms with Gasteiger partial charge in [-0.15, -0.1) is 0 Å².